The van der Waals surface area contributed by atoms with Crippen LogP contribution in [0.15, 0.2) is 34.9 Å². The molecule has 0 aliphatic carbocycles. The van der Waals surface area contributed by atoms with Crippen LogP contribution in [0.25, 0.3) is 0 Å². The van der Waals surface area contributed by atoms with E-state index in [-0.39, 0.29) is 0 Å². The van der Waals surface area contributed by atoms with Crippen LogP contribution in [0.1, 0.15) is 16.7 Å². The average Bonchev–Trinajstić information content (AvgIpc) is 2.33. The fourth-order valence-electron chi connectivity index (χ4n) is 1.74. The van der Waals surface area contributed by atoms with Gasteiger partial charge in [0.05, 0.1) is 4.47 Å². The van der Waals surface area contributed by atoms with E-state index < -0.39 is 0 Å². The van der Waals surface area contributed by atoms with E-state index in [1.807, 2.05) is 38.2 Å². The summed E-state index contributed by atoms with van der Waals surface area (Å²) in [5.41, 5.74) is 10.1. The van der Waals surface area contributed by atoms with E-state index in [1.165, 1.54) is 5.56 Å². The minimum absolute atomic E-state index is 0.714. The highest BCUT2D eigenvalue weighted by Gasteiger charge is 2.04. The zero-order valence-electron chi connectivity index (χ0n) is 10.5. The Kier molecular flexibility index (Phi) is 3.87. The smallest absolute Gasteiger partial charge is 0.140 e. The summed E-state index contributed by atoms with van der Waals surface area (Å²) in [4.78, 5) is 4.36. The first-order valence-electron chi connectivity index (χ1n) is 5.78. The van der Waals surface area contributed by atoms with Gasteiger partial charge < -0.3 is 11.1 Å². The van der Waals surface area contributed by atoms with Gasteiger partial charge in [-0.15, -0.1) is 0 Å². The van der Waals surface area contributed by atoms with Crippen molar-refractivity contribution in [3.63, 3.8) is 0 Å². The van der Waals surface area contributed by atoms with E-state index in [2.05, 4.69) is 32.3 Å². The van der Waals surface area contributed by atoms with Crippen LogP contribution in [0, 0.1) is 13.8 Å². The lowest BCUT2D eigenvalue weighted by molar-refractivity contribution is 1.08. The quantitative estimate of drug-likeness (QED) is 0.851. The molecule has 2 rings (SSSR count). The second-order valence-electron chi connectivity index (χ2n) is 4.33. The van der Waals surface area contributed by atoms with Crippen LogP contribution >= 0.6 is 15.9 Å². The second kappa shape index (κ2) is 5.40. The lowest BCUT2D eigenvalue weighted by Gasteiger charge is -2.11. The Hall–Kier alpha value is -1.55. The first-order chi connectivity index (χ1) is 8.58. The topological polar surface area (TPSA) is 50.9 Å². The largest absolute Gasteiger partial charge is 0.399 e. The van der Waals surface area contributed by atoms with Crippen LogP contribution in [0.5, 0.6) is 0 Å². The normalized spacial score (nSPS) is 10.4. The molecule has 94 valence electrons. The Labute approximate surface area is 116 Å². The first kappa shape index (κ1) is 12.9. The van der Waals surface area contributed by atoms with E-state index in [1.54, 1.807) is 0 Å². The Balaban J connectivity index is 2.14. The van der Waals surface area contributed by atoms with Crippen molar-refractivity contribution in [2.24, 2.45) is 0 Å². The molecule has 0 amide bonds. The van der Waals surface area contributed by atoms with Gasteiger partial charge in [-0.05, 0) is 58.6 Å². The Morgan fingerprint density at radius 3 is 2.83 bits per heavy atom. The molecule has 3 nitrogen and oxygen atoms in total. The molecule has 0 aliphatic heterocycles. The molecule has 2 aromatic rings. The van der Waals surface area contributed by atoms with Crippen molar-refractivity contribution in [2.75, 3.05) is 11.1 Å². The van der Waals surface area contributed by atoms with Crippen molar-refractivity contribution in [2.45, 2.75) is 20.4 Å². The molecule has 0 radical (unpaired) electrons. The molecular formula is C14H16BrN3. The molecule has 1 aromatic heterocycles. The number of hydrogen-bond acceptors (Lipinski definition) is 3. The predicted octanol–water partition coefficient (Wildman–Crippen LogP) is 3.66. The maximum atomic E-state index is 5.89. The Bertz CT molecular complexity index is 567. The van der Waals surface area contributed by atoms with Gasteiger partial charge in [0.1, 0.15) is 5.82 Å². The van der Waals surface area contributed by atoms with Crippen molar-refractivity contribution in [1.29, 1.82) is 0 Å². The highest BCUT2D eigenvalue weighted by molar-refractivity contribution is 9.10. The highest BCUT2D eigenvalue weighted by atomic mass is 79.9. The third-order valence-corrected chi connectivity index (χ3v) is 3.52. The van der Waals surface area contributed by atoms with Gasteiger partial charge in [-0.1, -0.05) is 12.1 Å². The molecular weight excluding hydrogens is 290 g/mol. The lowest BCUT2D eigenvalue weighted by Crippen LogP contribution is -2.05. The zero-order chi connectivity index (χ0) is 13.1. The van der Waals surface area contributed by atoms with E-state index in [0.717, 1.165) is 27.1 Å². The standard InChI is InChI=1S/C14H16BrN3/c1-9-6-12(15)14(17-7-9)18-8-11-4-3-5-13(16)10(11)2/h3-7H,8,16H2,1-2H3,(H,17,18). The van der Waals surface area contributed by atoms with Crippen LogP contribution in [0.2, 0.25) is 0 Å². The van der Waals surface area contributed by atoms with E-state index in [9.17, 15) is 0 Å². The number of nitrogens with one attached hydrogen (secondary N) is 1. The lowest BCUT2D eigenvalue weighted by atomic mass is 10.1. The summed E-state index contributed by atoms with van der Waals surface area (Å²) in [6.07, 6.45) is 1.85. The number of aromatic nitrogens is 1. The van der Waals surface area contributed by atoms with Crippen LogP contribution in [0.4, 0.5) is 11.5 Å². The fourth-order valence-corrected chi connectivity index (χ4v) is 2.34. The number of rotatable bonds is 3. The number of halogens is 1. The maximum absolute atomic E-state index is 5.89. The van der Waals surface area contributed by atoms with E-state index >= 15 is 0 Å². The van der Waals surface area contributed by atoms with Crippen molar-refractivity contribution < 1.29 is 0 Å². The van der Waals surface area contributed by atoms with E-state index in [0.29, 0.717) is 6.54 Å². The van der Waals surface area contributed by atoms with Gasteiger partial charge in [-0.25, -0.2) is 4.98 Å². The predicted molar refractivity (Wildman–Crippen MR) is 79.6 cm³/mol. The third kappa shape index (κ3) is 2.82. The number of hydrogen-bond donors (Lipinski definition) is 2. The number of pyridine rings is 1. The fraction of sp³-hybridized carbons (Fsp3) is 0.214. The molecule has 1 aromatic carbocycles. The molecule has 0 aliphatic rings. The van der Waals surface area contributed by atoms with Crippen LogP contribution in [-0.4, -0.2) is 4.98 Å². The molecule has 3 N–H and O–H groups in total. The Morgan fingerprint density at radius 1 is 1.33 bits per heavy atom. The number of nitrogens with two attached hydrogens (primary N) is 1. The van der Waals surface area contributed by atoms with Gasteiger partial charge in [-0.2, -0.15) is 0 Å². The van der Waals surface area contributed by atoms with Gasteiger partial charge in [0.25, 0.3) is 0 Å². The zero-order valence-corrected chi connectivity index (χ0v) is 12.1. The molecule has 18 heavy (non-hydrogen) atoms. The van der Waals surface area contributed by atoms with Crippen LogP contribution < -0.4 is 11.1 Å². The summed E-state index contributed by atoms with van der Waals surface area (Å²) in [5.74, 6) is 0.849. The minimum atomic E-state index is 0.714. The van der Waals surface area contributed by atoms with Crippen molar-refractivity contribution >= 4 is 27.4 Å². The molecule has 0 spiro atoms. The van der Waals surface area contributed by atoms with Gasteiger partial charge in [0, 0.05) is 18.4 Å². The summed E-state index contributed by atoms with van der Waals surface area (Å²) in [7, 11) is 0. The minimum Gasteiger partial charge on any atom is -0.399 e. The van der Waals surface area contributed by atoms with Crippen LogP contribution in [-0.2, 0) is 6.54 Å². The number of anilines is 2. The van der Waals surface area contributed by atoms with Gasteiger partial charge in [-0.3, -0.25) is 0 Å². The third-order valence-electron chi connectivity index (χ3n) is 2.91. The summed E-state index contributed by atoms with van der Waals surface area (Å²) >= 11 is 3.50. The molecule has 0 unspecified atom stereocenters. The molecule has 1 heterocycles. The molecule has 0 saturated heterocycles. The number of nitrogens with zero attached hydrogens (tertiary/aromatic N) is 1. The van der Waals surface area contributed by atoms with E-state index in [4.69, 9.17) is 5.73 Å². The van der Waals surface area contributed by atoms with Gasteiger partial charge in [0.2, 0.25) is 0 Å². The van der Waals surface area contributed by atoms with Gasteiger partial charge >= 0.3 is 0 Å². The molecule has 0 saturated carbocycles. The average molecular weight is 306 g/mol. The summed E-state index contributed by atoms with van der Waals surface area (Å²) < 4.78 is 0.976. The maximum Gasteiger partial charge on any atom is 0.140 e. The van der Waals surface area contributed by atoms with Crippen molar-refractivity contribution in [1.82, 2.24) is 4.98 Å². The number of benzene rings is 1. The van der Waals surface area contributed by atoms with Crippen LogP contribution in [0.3, 0.4) is 0 Å². The Morgan fingerprint density at radius 2 is 2.11 bits per heavy atom. The first-order valence-corrected chi connectivity index (χ1v) is 6.57. The van der Waals surface area contributed by atoms with Crippen molar-refractivity contribution in [3.05, 3.63) is 51.6 Å². The number of nitrogen functional groups attached to an aromatic ring is 1. The molecule has 0 atom stereocenters. The monoisotopic (exact) mass is 305 g/mol. The SMILES string of the molecule is Cc1cnc(NCc2cccc(N)c2C)c(Br)c1. The van der Waals surface area contributed by atoms with Gasteiger partial charge in [0.15, 0.2) is 0 Å². The van der Waals surface area contributed by atoms with Crippen molar-refractivity contribution in [3.8, 4) is 0 Å². The molecule has 0 bridgehead atoms. The highest BCUT2D eigenvalue weighted by Crippen LogP contribution is 2.22. The molecule has 4 heteroatoms. The molecule has 0 fully saturated rings. The summed E-state index contributed by atoms with van der Waals surface area (Å²) in [6.45, 7) is 4.76. The number of aryl methyl sites for hydroxylation is 1. The second-order valence-corrected chi connectivity index (χ2v) is 5.18. The summed E-state index contributed by atoms with van der Waals surface area (Å²) in [5, 5.41) is 3.31. The summed E-state index contributed by atoms with van der Waals surface area (Å²) in [6, 6.07) is 8.00.